The van der Waals surface area contributed by atoms with Gasteiger partial charge in [0.15, 0.2) is 23.1 Å². The van der Waals surface area contributed by atoms with Crippen LogP contribution in [0.5, 0.6) is 23.0 Å². The number of nitro groups is 1. The summed E-state index contributed by atoms with van der Waals surface area (Å²) in [6, 6.07) is 10.3. The fraction of sp³-hybridized carbons (Fsp3) is 0.280. The molecule has 0 fully saturated rings. The molecule has 0 amide bonds. The number of hydrogen-bond acceptors (Lipinski definition) is 8. The Balaban J connectivity index is 1.72. The molecule has 0 atom stereocenters. The van der Waals surface area contributed by atoms with Crippen LogP contribution in [0.15, 0.2) is 48.7 Å². The van der Waals surface area contributed by atoms with Crippen LogP contribution in [0.2, 0.25) is 0 Å². The van der Waals surface area contributed by atoms with Crippen LogP contribution in [0.3, 0.4) is 0 Å². The Morgan fingerprint density at radius 1 is 1.09 bits per heavy atom. The van der Waals surface area contributed by atoms with E-state index in [9.17, 15) is 14.9 Å². The summed E-state index contributed by atoms with van der Waals surface area (Å²) >= 11 is 0. The number of nitrogens with zero attached hydrogens (tertiary/aromatic N) is 3. The van der Waals surface area contributed by atoms with Gasteiger partial charge in [-0.1, -0.05) is 12.1 Å². The summed E-state index contributed by atoms with van der Waals surface area (Å²) in [6.45, 7) is 4.40. The molecule has 3 rings (SSSR count). The van der Waals surface area contributed by atoms with Crippen LogP contribution < -0.4 is 18.9 Å². The van der Waals surface area contributed by atoms with E-state index in [1.165, 1.54) is 23.9 Å². The Bertz CT molecular complexity index is 1230. The third kappa shape index (κ3) is 6.17. The van der Waals surface area contributed by atoms with Gasteiger partial charge >= 0.3 is 5.82 Å². The highest BCUT2D eigenvalue weighted by Crippen LogP contribution is 2.30. The fourth-order valence-corrected chi connectivity index (χ4v) is 3.40. The Morgan fingerprint density at radius 3 is 2.57 bits per heavy atom. The Kier molecular flexibility index (Phi) is 8.44. The number of ketones is 1. The summed E-state index contributed by atoms with van der Waals surface area (Å²) in [5.41, 5.74) is 1.15. The van der Waals surface area contributed by atoms with Crippen molar-refractivity contribution in [3.63, 3.8) is 0 Å². The van der Waals surface area contributed by atoms with Gasteiger partial charge in [0.2, 0.25) is 0 Å². The maximum Gasteiger partial charge on any atom is 0.342 e. The van der Waals surface area contributed by atoms with Gasteiger partial charge in [0.25, 0.3) is 0 Å². The molecule has 0 aliphatic carbocycles. The predicted molar refractivity (Wildman–Crippen MR) is 130 cm³/mol. The molecule has 2 aromatic carbocycles. The van der Waals surface area contributed by atoms with E-state index in [0.717, 1.165) is 5.56 Å². The molecule has 0 bridgehead atoms. The largest absolute Gasteiger partial charge is 0.497 e. The first-order valence-electron chi connectivity index (χ1n) is 10.9. The molecule has 0 aliphatic heterocycles. The van der Waals surface area contributed by atoms with Crippen LogP contribution in [0.25, 0.3) is 6.08 Å². The molecule has 1 aromatic heterocycles. The lowest BCUT2D eigenvalue weighted by atomic mass is 10.1. The monoisotopic (exact) mass is 481 g/mol. The number of rotatable bonds is 12. The third-order valence-corrected chi connectivity index (χ3v) is 5.16. The topological polar surface area (TPSA) is 115 Å². The van der Waals surface area contributed by atoms with Crippen molar-refractivity contribution in [2.24, 2.45) is 0 Å². The maximum absolute atomic E-state index is 12.7. The van der Waals surface area contributed by atoms with Crippen molar-refractivity contribution in [2.75, 3.05) is 27.4 Å². The number of allylic oxidation sites excluding steroid dienone is 1. The normalized spacial score (nSPS) is 10.9. The molecule has 0 spiro atoms. The SMILES string of the molecule is CCOc1cc(/C=C/C(=O)c2ccc(OC)cc2OC)ccc1OCCn1c([N+](=O)[O-])cnc1C. The van der Waals surface area contributed by atoms with E-state index in [0.29, 0.717) is 41.0 Å². The van der Waals surface area contributed by atoms with Crippen LogP contribution in [0.1, 0.15) is 28.7 Å². The van der Waals surface area contributed by atoms with Crippen molar-refractivity contribution < 1.29 is 28.7 Å². The van der Waals surface area contributed by atoms with Gasteiger partial charge in [0, 0.05) is 13.0 Å². The average molecular weight is 482 g/mol. The highest BCUT2D eigenvalue weighted by molar-refractivity contribution is 6.08. The Morgan fingerprint density at radius 2 is 1.89 bits per heavy atom. The molecule has 1 heterocycles. The molecule has 184 valence electrons. The van der Waals surface area contributed by atoms with Crippen LogP contribution >= 0.6 is 0 Å². The number of imidazole rings is 1. The van der Waals surface area contributed by atoms with Gasteiger partial charge in [0.05, 0.1) is 26.4 Å². The highest BCUT2D eigenvalue weighted by Gasteiger charge is 2.17. The number of carbonyl (C=O) groups is 1. The predicted octanol–water partition coefficient (Wildman–Crippen LogP) is 4.49. The van der Waals surface area contributed by atoms with Crippen LogP contribution in [-0.4, -0.2) is 47.7 Å². The van der Waals surface area contributed by atoms with Crippen molar-refractivity contribution in [3.05, 3.63) is 75.7 Å². The van der Waals surface area contributed by atoms with E-state index < -0.39 is 4.92 Å². The van der Waals surface area contributed by atoms with Crippen molar-refractivity contribution >= 4 is 17.7 Å². The van der Waals surface area contributed by atoms with Gasteiger partial charge < -0.3 is 29.1 Å². The minimum absolute atomic E-state index is 0.0882. The summed E-state index contributed by atoms with van der Waals surface area (Å²) in [4.78, 5) is 27.4. The molecule has 35 heavy (non-hydrogen) atoms. The number of ether oxygens (including phenoxy) is 4. The molecule has 3 aromatic rings. The molecular weight excluding hydrogens is 454 g/mol. The molecule has 0 saturated carbocycles. The van der Waals surface area contributed by atoms with Gasteiger partial charge in [-0.15, -0.1) is 0 Å². The lowest BCUT2D eigenvalue weighted by Crippen LogP contribution is -2.12. The molecule has 0 N–H and O–H groups in total. The minimum atomic E-state index is -0.477. The quantitative estimate of drug-likeness (QED) is 0.161. The number of benzene rings is 2. The standard InChI is InChI=1S/C25H27N3O7/c1-5-34-24-14-18(6-10-21(29)20-9-8-19(32-3)15-23(20)33-4)7-11-22(24)35-13-12-27-17(2)26-16-25(27)28(30)31/h6-11,14-16H,5,12-13H2,1-4H3/b10-6+. The smallest absolute Gasteiger partial charge is 0.342 e. The summed E-state index contributed by atoms with van der Waals surface area (Å²) in [5.74, 6) is 2.23. The molecular formula is C25H27N3O7. The zero-order chi connectivity index (χ0) is 25.4. The summed E-state index contributed by atoms with van der Waals surface area (Å²) < 4.78 is 23.5. The van der Waals surface area contributed by atoms with E-state index in [-0.39, 0.29) is 24.8 Å². The number of methoxy groups -OCH3 is 2. The summed E-state index contributed by atoms with van der Waals surface area (Å²) in [5, 5.41) is 11.2. The van der Waals surface area contributed by atoms with Crippen molar-refractivity contribution in [2.45, 2.75) is 20.4 Å². The van der Waals surface area contributed by atoms with Gasteiger partial charge in [-0.3, -0.25) is 4.79 Å². The summed E-state index contributed by atoms with van der Waals surface area (Å²) in [6.07, 6.45) is 4.36. The lowest BCUT2D eigenvalue weighted by molar-refractivity contribution is -0.392. The first-order valence-corrected chi connectivity index (χ1v) is 10.9. The first kappa shape index (κ1) is 25.3. The molecule has 10 nitrogen and oxygen atoms in total. The van der Waals surface area contributed by atoms with Crippen LogP contribution in [-0.2, 0) is 6.54 Å². The van der Waals surface area contributed by atoms with E-state index >= 15 is 0 Å². The van der Waals surface area contributed by atoms with Gasteiger partial charge in [-0.05, 0) is 47.8 Å². The minimum Gasteiger partial charge on any atom is -0.497 e. The average Bonchev–Trinajstić information content (AvgIpc) is 3.23. The Hall–Kier alpha value is -4.34. The molecule has 0 saturated heterocycles. The van der Waals surface area contributed by atoms with E-state index in [1.807, 2.05) is 6.92 Å². The van der Waals surface area contributed by atoms with Crippen molar-refractivity contribution in [3.8, 4) is 23.0 Å². The Labute approximate surface area is 202 Å². The van der Waals surface area contributed by atoms with Gasteiger partial charge in [-0.25, -0.2) is 9.55 Å². The van der Waals surface area contributed by atoms with Gasteiger partial charge in [0.1, 0.15) is 30.8 Å². The molecule has 0 aliphatic rings. The maximum atomic E-state index is 12.7. The second kappa shape index (κ2) is 11.7. The van der Waals surface area contributed by atoms with Crippen LogP contribution in [0, 0.1) is 17.0 Å². The van der Waals surface area contributed by atoms with Crippen molar-refractivity contribution in [1.82, 2.24) is 9.55 Å². The first-order chi connectivity index (χ1) is 16.9. The van der Waals surface area contributed by atoms with E-state index in [2.05, 4.69) is 4.98 Å². The number of aryl methyl sites for hydroxylation is 1. The lowest BCUT2D eigenvalue weighted by Gasteiger charge is -2.12. The second-order valence-electron chi connectivity index (χ2n) is 7.32. The zero-order valence-electron chi connectivity index (χ0n) is 20.0. The fourth-order valence-electron chi connectivity index (χ4n) is 3.40. The number of hydrogen-bond donors (Lipinski definition) is 0. The van der Waals surface area contributed by atoms with E-state index in [1.54, 1.807) is 56.5 Å². The summed E-state index contributed by atoms with van der Waals surface area (Å²) in [7, 11) is 3.04. The third-order valence-electron chi connectivity index (χ3n) is 5.16. The highest BCUT2D eigenvalue weighted by atomic mass is 16.6. The molecule has 0 unspecified atom stereocenters. The zero-order valence-corrected chi connectivity index (χ0v) is 20.0. The number of aromatic nitrogens is 2. The second-order valence-corrected chi connectivity index (χ2v) is 7.32. The molecule has 10 heteroatoms. The van der Waals surface area contributed by atoms with Crippen molar-refractivity contribution in [1.29, 1.82) is 0 Å². The molecule has 0 radical (unpaired) electrons. The number of carbonyl (C=O) groups excluding carboxylic acids is 1. The van der Waals surface area contributed by atoms with Gasteiger partial charge in [-0.2, -0.15) is 0 Å². The van der Waals surface area contributed by atoms with E-state index in [4.69, 9.17) is 18.9 Å². The van der Waals surface area contributed by atoms with Crippen LogP contribution in [0.4, 0.5) is 5.82 Å².